The Morgan fingerprint density at radius 1 is 1.12 bits per heavy atom. The van der Waals surface area contributed by atoms with Gasteiger partial charge in [-0.2, -0.15) is 0 Å². The molecule has 1 aromatic heterocycles. The lowest BCUT2D eigenvalue weighted by molar-refractivity contribution is 0.0576. The summed E-state index contributed by atoms with van der Waals surface area (Å²) < 4.78 is 5.10. The van der Waals surface area contributed by atoms with E-state index >= 15 is 0 Å². The Morgan fingerprint density at radius 3 is 2.50 bits per heavy atom. The van der Waals surface area contributed by atoms with Crippen LogP contribution >= 0.6 is 0 Å². The number of aliphatic hydroxyl groups is 1. The second-order valence-electron chi connectivity index (χ2n) is 6.58. The van der Waals surface area contributed by atoms with E-state index in [2.05, 4.69) is 28.1 Å². The van der Waals surface area contributed by atoms with Crippen LogP contribution in [0.5, 0.6) is 5.88 Å². The Bertz CT molecular complexity index is 607. The molecule has 128 valence electrons. The highest BCUT2D eigenvalue weighted by atomic mass is 16.5. The lowest BCUT2D eigenvalue weighted by Crippen LogP contribution is -2.38. The van der Waals surface area contributed by atoms with E-state index in [0.29, 0.717) is 11.8 Å². The van der Waals surface area contributed by atoms with Gasteiger partial charge in [0.1, 0.15) is 0 Å². The van der Waals surface area contributed by atoms with Crippen LogP contribution in [0, 0.1) is 5.92 Å². The van der Waals surface area contributed by atoms with Gasteiger partial charge in [-0.1, -0.05) is 36.4 Å². The molecule has 0 saturated carbocycles. The van der Waals surface area contributed by atoms with Crippen LogP contribution in [0.25, 0.3) is 0 Å². The first-order chi connectivity index (χ1) is 11.7. The molecule has 0 bridgehead atoms. The highest BCUT2D eigenvalue weighted by molar-refractivity contribution is 5.18. The summed E-state index contributed by atoms with van der Waals surface area (Å²) >= 11 is 0. The second-order valence-corrected chi connectivity index (χ2v) is 6.58. The van der Waals surface area contributed by atoms with Crippen molar-refractivity contribution in [2.75, 3.05) is 20.2 Å². The summed E-state index contributed by atoms with van der Waals surface area (Å²) in [6.07, 6.45) is 4.51. The van der Waals surface area contributed by atoms with Gasteiger partial charge < -0.3 is 9.84 Å². The van der Waals surface area contributed by atoms with Crippen molar-refractivity contribution in [1.29, 1.82) is 0 Å². The third kappa shape index (κ3) is 4.56. The molecule has 1 N–H and O–H groups in total. The summed E-state index contributed by atoms with van der Waals surface area (Å²) in [6, 6.07) is 14.3. The Kier molecular flexibility index (Phi) is 5.83. The van der Waals surface area contributed by atoms with Gasteiger partial charge >= 0.3 is 0 Å². The predicted octanol–water partition coefficient (Wildman–Crippen LogP) is 2.91. The van der Waals surface area contributed by atoms with Crippen LogP contribution in [0.4, 0.5) is 0 Å². The van der Waals surface area contributed by atoms with Crippen molar-refractivity contribution in [3.8, 4) is 5.88 Å². The number of aromatic nitrogens is 1. The summed E-state index contributed by atoms with van der Waals surface area (Å²) in [5.41, 5.74) is 2.43. The molecule has 0 aliphatic carbocycles. The van der Waals surface area contributed by atoms with Gasteiger partial charge in [0.2, 0.25) is 5.88 Å². The van der Waals surface area contributed by atoms with Crippen molar-refractivity contribution in [3.63, 3.8) is 0 Å². The number of likely N-dealkylation sites (tertiary alicyclic amines) is 1. The van der Waals surface area contributed by atoms with Gasteiger partial charge in [0.05, 0.1) is 13.2 Å². The standard InChI is InChI=1S/C20H26N2O2/c1-24-20-8-7-17(14-21-20)15-22-11-9-18(10-12-22)19(23)13-16-5-3-2-4-6-16/h2-8,14,18-19,23H,9-13,15H2,1H3/t19-/m0/s1. The summed E-state index contributed by atoms with van der Waals surface area (Å²) in [5, 5.41) is 10.5. The van der Waals surface area contributed by atoms with Crippen LogP contribution < -0.4 is 4.74 Å². The van der Waals surface area contributed by atoms with E-state index in [1.807, 2.05) is 30.5 Å². The number of methoxy groups -OCH3 is 1. The fourth-order valence-electron chi connectivity index (χ4n) is 3.40. The molecule has 1 aliphatic rings. The number of rotatable bonds is 6. The molecule has 4 heteroatoms. The third-order valence-electron chi connectivity index (χ3n) is 4.88. The minimum absolute atomic E-state index is 0.239. The molecular weight excluding hydrogens is 300 g/mol. The third-order valence-corrected chi connectivity index (χ3v) is 4.88. The van der Waals surface area contributed by atoms with E-state index < -0.39 is 0 Å². The quantitative estimate of drug-likeness (QED) is 0.886. The zero-order chi connectivity index (χ0) is 16.8. The van der Waals surface area contributed by atoms with E-state index in [4.69, 9.17) is 4.74 Å². The van der Waals surface area contributed by atoms with Crippen LogP contribution in [-0.4, -0.2) is 41.3 Å². The topological polar surface area (TPSA) is 45.6 Å². The number of hydrogen-bond acceptors (Lipinski definition) is 4. The van der Waals surface area contributed by atoms with Gasteiger partial charge in [-0.05, 0) is 49.4 Å². The fraction of sp³-hybridized carbons (Fsp3) is 0.450. The van der Waals surface area contributed by atoms with Crippen LogP contribution in [0.15, 0.2) is 48.7 Å². The Hall–Kier alpha value is -1.91. The average Bonchev–Trinajstić information content (AvgIpc) is 2.64. The largest absolute Gasteiger partial charge is 0.481 e. The molecule has 2 heterocycles. The molecular formula is C20H26N2O2. The molecule has 1 saturated heterocycles. The molecule has 1 aliphatic heterocycles. The highest BCUT2D eigenvalue weighted by Gasteiger charge is 2.25. The average molecular weight is 326 g/mol. The Labute approximate surface area is 144 Å². The first-order valence-corrected chi connectivity index (χ1v) is 8.68. The second kappa shape index (κ2) is 8.27. The summed E-state index contributed by atoms with van der Waals surface area (Å²) in [5.74, 6) is 1.05. The molecule has 0 amide bonds. The van der Waals surface area contributed by atoms with E-state index in [1.165, 1.54) is 11.1 Å². The molecule has 1 fully saturated rings. The van der Waals surface area contributed by atoms with Crippen molar-refractivity contribution < 1.29 is 9.84 Å². The highest BCUT2D eigenvalue weighted by Crippen LogP contribution is 2.24. The number of piperidine rings is 1. The van der Waals surface area contributed by atoms with Crippen LogP contribution in [0.2, 0.25) is 0 Å². The van der Waals surface area contributed by atoms with E-state index in [-0.39, 0.29) is 6.10 Å². The first kappa shape index (κ1) is 16.9. The van der Waals surface area contributed by atoms with Gasteiger partial charge in [-0.3, -0.25) is 4.90 Å². The number of ether oxygens (including phenoxy) is 1. The van der Waals surface area contributed by atoms with Crippen LogP contribution in [-0.2, 0) is 13.0 Å². The smallest absolute Gasteiger partial charge is 0.212 e. The number of pyridine rings is 1. The van der Waals surface area contributed by atoms with E-state index in [1.54, 1.807) is 7.11 Å². The Balaban J connectivity index is 1.46. The zero-order valence-electron chi connectivity index (χ0n) is 14.3. The number of nitrogens with zero attached hydrogens (tertiary/aromatic N) is 2. The number of benzene rings is 1. The minimum Gasteiger partial charge on any atom is -0.481 e. The molecule has 1 atom stereocenters. The van der Waals surface area contributed by atoms with Gasteiger partial charge in [-0.25, -0.2) is 4.98 Å². The molecule has 0 spiro atoms. The predicted molar refractivity (Wildman–Crippen MR) is 94.9 cm³/mol. The van der Waals surface area contributed by atoms with Crippen LogP contribution in [0.1, 0.15) is 24.0 Å². The summed E-state index contributed by atoms with van der Waals surface area (Å²) in [7, 11) is 1.63. The number of aliphatic hydroxyl groups excluding tert-OH is 1. The first-order valence-electron chi connectivity index (χ1n) is 8.68. The van der Waals surface area contributed by atoms with E-state index in [0.717, 1.165) is 38.9 Å². The van der Waals surface area contributed by atoms with Crippen molar-refractivity contribution in [3.05, 3.63) is 59.8 Å². The molecule has 3 rings (SSSR count). The van der Waals surface area contributed by atoms with E-state index in [9.17, 15) is 5.11 Å². The molecule has 2 aromatic rings. The maximum absolute atomic E-state index is 10.5. The van der Waals surface area contributed by atoms with Crippen molar-refractivity contribution in [1.82, 2.24) is 9.88 Å². The van der Waals surface area contributed by atoms with Crippen LogP contribution in [0.3, 0.4) is 0 Å². The maximum Gasteiger partial charge on any atom is 0.212 e. The lowest BCUT2D eigenvalue weighted by atomic mass is 9.88. The summed E-state index contributed by atoms with van der Waals surface area (Å²) in [4.78, 5) is 6.70. The molecule has 0 unspecified atom stereocenters. The fourth-order valence-corrected chi connectivity index (χ4v) is 3.40. The van der Waals surface area contributed by atoms with Gasteiger partial charge in [0.15, 0.2) is 0 Å². The minimum atomic E-state index is -0.239. The molecule has 24 heavy (non-hydrogen) atoms. The molecule has 1 aromatic carbocycles. The maximum atomic E-state index is 10.5. The van der Waals surface area contributed by atoms with Crippen molar-refractivity contribution >= 4 is 0 Å². The zero-order valence-corrected chi connectivity index (χ0v) is 14.3. The van der Waals surface area contributed by atoms with Crippen molar-refractivity contribution in [2.45, 2.75) is 31.9 Å². The SMILES string of the molecule is COc1ccc(CN2CCC([C@@H](O)Cc3ccccc3)CC2)cn1. The van der Waals surface area contributed by atoms with Crippen molar-refractivity contribution in [2.24, 2.45) is 5.92 Å². The number of hydrogen-bond donors (Lipinski definition) is 1. The molecule has 4 nitrogen and oxygen atoms in total. The molecule has 0 radical (unpaired) electrons. The Morgan fingerprint density at radius 2 is 1.88 bits per heavy atom. The van der Waals surface area contributed by atoms with Gasteiger partial charge in [-0.15, -0.1) is 0 Å². The van der Waals surface area contributed by atoms with Gasteiger partial charge in [0.25, 0.3) is 0 Å². The van der Waals surface area contributed by atoms with Gasteiger partial charge in [0, 0.05) is 18.8 Å². The normalized spacial score (nSPS) is 17.6. The lowest BCUT2D eigenvalue weighted by Gasteiger charge is -2.34. The monoisotopic (exact) mass is 326 g/mol. The summed E-state index contributed by atoms with van der Waals surface area (Å²) in [6.45, 7) is 2.98.